The number of hydrogen-bond donors (Lipinski definition) is 0. The van der Waals surface area contributed by atoms with Gasteiger partial charge in [-0.15, -0.1) is 0 Å². The molecule has 1 saturated heterocycles. The lowest BCUT2D eigenvalue weighted by Gasteiger charge is -2.20. The Morgan fingerprint density at radius 3 is 2.50 bits per heavy atom. The molecule has 1 aliphatic rings. The van der Waals surface area contributed by atoms with Gasteiger partial charge in [0.15, 0.2) is 0 Å². The smallest absolute Gasteiger partial charge is 0.114 e. The highest BCUT2D eigenvalue weighted by molar-refractivity contribution is 6.35. The standard InChI is InChI=1S/C14H18Cl2O4/c1-17-12-8-20-13(14(12)18-2)7-19-6-9-10(15)4-3-5-11(9)16/h3-5,12-14H,6-8H2,1-2H3/t12-,13+,14+/m1/s1. The third-order valence-electron chi connectivity index (χ3n) is 3.37. The second kappa shape index (κ2) is 7.59. The van der Waals surface area contributed by atoms with E-state index in [9.17, 15) is 0 Å². The van der Waals surface area contributed by atoms with Gasteiger partial charge in [0.25, 0.3) is 0 Å². The number of halogens is 2. The maximum atomic E-state index is 6.09. The van der Waals surface area contributed by atoms with Gasteiger partial charge in [0.05, 0.1) is 19.8 Å². The van der Waals surface area contributed by atoms with Crippen LogP contribution in [0.25, 0.3) is 0 Å². The lowest BCUT2D eigenvalue weighted by atomic mass is 10.1. The lowest BCUT2D eigenvalue weighted by Crippen LogP contribution is -2.36. The van der Waals surface area contributed by atoms with Crippen molar-refractivity contribution >= 4 is 23.2 Å². The van der Waals surface area contributed by atoms with Gasteiger partial charge in [-0.2, -0.15) is 0 Å². The molecule has 0 radical (unpaired) electrons. The SMILES string of the molecule is CO[C@@H]1[C@H](COCc2c(Cl)cccc2Cl)OC[C@H]1OC. The number of benzene rings is 1. The molecular weight excluding hydrogens is 303 g/mol. The van der Waals surface area contributed by atoms with Crippen molar-refractivity contribution in [2.24, 2.45) is 0 Å². The van der Waals surface area contributed by atoms with Crippen molar-refractivity contribution in [1.29, 1.82) is 0 Å². The first-order valence-corrected chi connectivity index (χ1v) is 7.10. The minimum atomic E-state index is -0.147. The van der Waals surface area contributed by atoms with Crippen molar-refractivity contribution in [2.45, 2.75) is 24.9 Å². The molecule has 0 unspecified atom stereocenters. The largest absolute Gasteiger partial charge is 0.376 e. The number of hydrogen-bond acceptors (Lipinski definition) is 4. The first-order chi connectivity index (χ1) is 9.67. The van der Waals surface area contributed by atoms with E-state index in [4.69, 9.17) is 42.1 Å². The zero-order valence-electron chi connectivity index (χ0n) is 11.5. The molecule has 1 aromatic rings. The topological polar surface area (TPSA) is 36.9 Å². The first-order valence-electron chi connectivity index (χ1n) is 6.35. The molecule has 3 atom stereocenters. The summed E-state index contributed by atoms with van der Waals surface area (Å²) in [6, 6.07) is 5.38. The number of methoxy groups -OCH3 is 2. The molecule has 2 rings (SSSR count). The van der Waals surface area contributed by atoms with Gasteiger partial charge in [0.1, 0.15) is 18.3 Å². The summed E-state index contributed by atoms with van der Waals surface area (Å²) in [6.07, 6.45) is -0.328. The molecule has 0 N–H and O–H groups in total. The third-order valence-corrected chi connectivity index (χ3v) is 4.08. The van der Waals surface area contributed by atoms with Crippen LogP contribution in [0.4, 0.5) is 0 Å². The number of rotatable bonds is 6. The Kier molecular flexibility index (Phi) is 6.08. The van der Waals surface area contributed by atoms with Crippen LogP contribution in [0, 0.1) is 0 Å². The van der Waals surface area contributed by atoms with Crippen LogP contribution in [0.3, 0.4) is 0 Å². The van der Waals surface area contributed by atoms with E-state index in [-0.39, 0.29) is 18.3 Å². The predicted octanol–water partition coefficient (Wildman–Crippen LogP) is 2.94. The molecule has 1 aromatic carbocycles. The van der Waals surface area contributed by atoms with Crippen molar-refractivity contribution in [2.75, 3.05) is 27.4 Å². The first kappa shape index (κ1) is 16.0. The molecule has 0 aliphatic carbocycles. The van der Waals surface area contributed by atoms with Gasteiger partial charge in [0, 0.05) is 29.8 Å². The molecule has 0 aromatic heterocycles. The zero-order valence-corrected chi connectivity index (χ0v) is 13.0. The van der Waals surface area contributed by atoms with Crippen LogP contribution in [0.5, 0.6) is 0 Å². The van der Waals surface area contributed by atoms with Gasteiger partial charge in [-0.1, -0.05) is 29.3 Å². The summed E-state index contributed by atoms with van der Waals surface area (Å²) in [5, 5.41) is 1.20. The number of ether oxygens (including phenoxy) is 4. The quantitative estimate of drug-likeness (QED) is 0.807. The van der Waals surface area contributed by atoms with E-state index in [0.717, 1.165) is 5.56 Å². The predicted molar refractivity (Wildman–Crippen MR) is 77.5 cm³/mol. The van der Waals surface area contributed by atoms with E-state index >= 15 is 0 Å². The minimum Gasteiger partial charge on any atom is -0.376 e. The van der Waals surface area contributed by atoms with Crippen LogP contribution in [0.2, 0.25) is 10.0 Å². The molecule has 1 fully saturated rings. The Balaban J connectivity index is 1.87. The molecule has 0 spiro atoms. The molecule has 20 heavy (non-hydrogen) atoms. The van der Waals surface area contributed by atoms with E-state index < -0.39 is 0 Å². The Labute approximate surface area is 128 Å². The summed E-state index contributed by atoms with van der Waals surface area (Å²) in [4.78, 5) is 0. The molecule has 0 saturated carbocycles. The van der Waals surface area contributed by atoms with Crippen LogP contribution in [0.1, 0.15) is 5.56 Å². The van der Waals surface area contributed by atoms with Crippen molar-refractivity contribution in [3.8, 4) is 0 Å². The van der Waals surface area contributed by atoms with Crippen molar-refractivity contribution in [1.82, 2.24) is 0 Å². The summed E-state index contributed by atoms with van der Waals surface area (Å²) < 4.78 is 22.0. The van der Waals surface area contributed by atoms with Gasteiger partial charge < -0.3 is 18.9 Å². The summed E-state index contributed by atoms with van der Waals surface area (Å²) in [7, 11) is 3.29. The van der Waals surface area contributed by atoms with Crippen molar-refractivity contribution < 1.29 is 18.9 Å². The monoisotopic (exact) mass is 320 g/mol. The van der Waals surface area contributed by atoms with E-state index in [2.05, 4.69) is 0 Å². The van der Waals surface area contributed by atoms with E-state index in [1.807, 2.05) is 0 Å². The fraction of sp³-hybridized carbons (Fsp3) is 0.571. The summed E-state index contributed by atoms with van der Waals surface area (Å²) in [5.41, 5.74) is 0.783. The Morgan fingerprint density at radius 1 is 1.20 bits per heavy atom. The molecule has 4 nitrogen and oxygen atoms in total. The summed E-state index contributed by atoms with van der Waals surface area (Å²) in [5.74, 6) is 0. The van der Waals surface area contributed by atoms with Gasteiger partial charge in [-0.05, 0) is 12.1 Å². The van der Waals surface area contributed by atoms with Gasteiger partial charge in [-0.3, -0.25) is 0 Å². The van der Waals surface area contributed by atoms with E-state index in [1.54, 1.807) is 32.4 Å². The van der Waals surface area contributed by atoms with Crippen LogP contribution in [-0.2, 0) is 25.6 Å². The van der Waals surface area contributed by atoms with E-state index in [1.165, 1.54) is 0 Å². The van der Waals surface area contributed by atoms with Crippen molar-refractivity contribution in [3.63, 3.8) is 0 Å². The van der Waals surface area contributed by atoms with Crippen LogP contribution in [-0.4, -0.2) is 45.7 Å². The minimum absolute atomic E-state index is 0.0579. The maximum absolute atomic E-state index is 6.09. The van der Waals surface area contributed by atoms with Gasteiger partial charge in [-0.25, -0.2) is 0 Å². The normalized spacial score (nSPS) is 26.1. The molecule has 6 heteroatoms. The van der Waals surface area contributed by atoms with Crippen LogP contribution in [0.15, 0.2) is 18.2 Å². The summed E-state index contributed by atoms with van der Waals surface area (Å²) >= 11 is 12.2. The fourth-order valence-corrected chi connectivity index (χ4v) is 2.75. The van der Waals surface area contributed by atoms with Crippen molar-refractivity contribution in [3.05, 3.63) is 33.8 Å². The molecular formula is C14H18Cl2O4. The van der Waals surface area contributed by atoms with Crippen LogP contribution >= 0.6 is 23.2 Å². The molecule has 1 heterocycles. The highest BCUT2D eigenvalue weighted by Crippen LogP contribution is 2.26. The highest BCUT2D eigenvalue weighted by Gasteiger charge is 2.37. The highest BCUT2D eigenvalue weighted by atomic mass is 35.5. The Morgan fingerprint density at radius 2 is 1.90 bits per heavy atom. The molecule has 112 valence electrons. The average molecular weight is 321 g/mol. The van der Waals surface area contributed by atoms with Gasteiger partial charge in [0.2, 0.25) is 0 Å². The molecule has 0 amide bonds. The second-order valence-corrected chi connectivity index (χ2v) is 5.38. The van der Waals surface area contributed by atoms with Crippen LogP contribution < -0.4 is 0 Å². The second-order valence-electron chi connectivity index (χ2n) is 4.56. The Bertz CT molecular complexity index is 421. The molecule has 1 aliphatic heterocycles. The average Bonchev–Trinajstić information content (AvgIpc) is 2.84. The maximum Gasteiger partial charge on any atom is 0.114 e. The zero-order chi connectivity index (χ0) is 14.5. The van der Waals surface area contributed by atoms with Gasteiger partial charge >= 0.3 is 0 Å². The third kappa shape index (κ3) is 3.64. The Hall–Kier alpha value is -0.360. The lowest BCUT2D eigenvalue weighted by molar-refractivity contribution is -0.0563. The fourth-order valence-electron chi connectivity index (χ4n) is 2.24. The summed E-state index contributed by atoms with van der Waals surface area (Å²) in [6.45, 7) is 1.25. The van der Waals surface area contributed by atoms with E-state index in [0.29, 0.717) is 29.9 Å². The molecule has 0 bridgehead atoms.